The van der Waals surface area contributed by atoms with Crippen LogP contribution in [0.15, 0.2) is 47.1 Å². The highest BCUT2D eigenvalue weighted by molar-refractivity contribution is 5.80. The molecule has 1 amide bonds. The molecule has 2 fully saturated rings. The highest BCUT2D eigenvalue weighted by Gasteiger charge is 2.31. The van der Waals surface area contributed by atoms with Gasteiger partial charge in [-0.15, -0.1) is 0 Å². The number of carbonyl (C=O) groups excluding carboxylic acids is 1. The quantitative estimate of drug-likeness (QED) is 0.701. The molecule has 154 valence electrons. The third-order valence-electron chi connectivity index (χ3n) is 5.81. The van der Waals surface area contributed by atoms with Crippen LogP contribution in [0.4, 0.5) is 5.82 Å². The number of pyridine rings is 1. The number of nitrogens with one attached hydrogen (secondary N) is 1. The van der Waals surface area contributed by atoms with E-state index in [-0.39, 0.29) is 11.8 Å². The van der Waals surface area contributed by atoms with Crippen molar-refractivity contribution < 1.29 is 9.32 Å². The van der Waals surface area contributed by atoms with Crippen LogP contribution in [-0.2, 0) is 4.79 Å². The summed E-state index contributed by atoms with van der Waals surface area (Å²) in [7, 11) is 0. The van der Waals surface area contributed by atoms with Gasteiger partial charge in [0, 0.05) is 36.8 Å². The molecule has 3 aromatic rings. The molecule has 1 aliphatic heterocycles. The van der Waals surface area contributed by atoms with E-state index >= 15 is 0 Å². The molecule has 2 aromatic heterocycles. The van der Waals surface area contributed by atoms with Gasteiger partial charge in [-0.3, -0.25) is 4.79 Å². The number of carbonyl (C=O) groups is 1. The summed E-state index contributed by atoms with van der Waals surface area (Å²) >= 11 is 0. The van der Waals surface area contributed by atoms with Gasteiger partial charge in [0.25, 0.3) is 5.89 Å². The third-order valence-corrected chi connectivity index (χ3v) is 5.81. The summed E-state index contributed by atoms with van der Waals surface area (Å²) in [6.45, 7) is 3.61. The summed E-state index contributed by atoms with van der Waals surface area (Å²) in [6.07, 6.45) is 5.68. The normalized spacial score (nSPS) is 17.2. The molecule has 1 N–H and O–H groups in total. The number of benzene rings is 1. The highest BCUT2D eigenvalue weighted by atomic mass is 16.5. The number of aryl methyl sites for hydroxylation is 1. The fourth-order valence-electron chi connectivity index (χ4n) is 3.95. The van der Waals surface area contributed by atoms with Crippen LogP contribution in [0, 0.1) is 12.8 Å². The number of anilines is 1. The first-order chi connectivity index (χ1) is 14.7. The van der Waals surface area contributed by atoms with E-state index in [4.69, 9.17) is 4.52 Å². The largest absolute Gasteiger partial charge is 0.356 e. The maximum atomic E-state index is 12.4. The Balaban J connectivity index is 1.33. The number of nitrogens with zero attached hydrogens (tertiary/aromatic N) is 4. The number of rotatable bonds is 5. The van der Waals surface area contributed by atoms with Crippen LogP contribution >= 0.6 is 0 Å². The van der Waals surface area contributed by atoms with E-state index in [9.17, 15) is 4.79 Å². The van der Waals surface area contributed by atoms with Gasteiger partial charge < -0.3 is 14.7 Å². The van der Waals surface area contributed by atoms with E-state index < -0.39 is 0 Å². The first kappa shape index (κ1) is 18.8. The monoisotopic (exact) mass is 403 g/mol. The minimum absolute atomic E-state index is 0.0883. The lowest BCUT2D eigenvalue weighted by Crippen LogP contribution is -2.41. The van der Waals surface area contributed by atoms with Gasteiger partial charge in [0.1, 0.15) is 5.82 Å². The maximum absolute atomic E-state index is 12.4. The van der Waals surface area contributed by atoms with Crippen LogP contribution in [0.25, 0.3) is 22.8 Å². The Labute approximate surface area is 175 Å². The Morgan fingerprint density at radius 3 is 2.73 bits per heavy atom. The molecule has 7 nitrogen and oxygen atoms in total. The lowest BCUT2D eigenvalue weighted by molar-refractivity contribution is -0.125. The molecular weight excluding hydrogens is 378 g/mol. The van der Waals surface area contributed by atoms with Gasteiger partial charge in [0.2, 0.25) is 11.7 Å². The number of hydrogen-bond acceptors (Lipinski definition) is 6. The van der Waals surface area contributed by atoms with Gasteiger partial charge in [0.05, 0.1) is 5.56 Å². The molecule has 1 aliphatic carbocycles. The number of amides is 1. The van der Waals surface area contributed by atoms with Crippen LogP contribution in [-0.4, -0.2) is 40.2 Å². The zero-order valence-electron chi connectivity index (χ0n) is 17.0. The van der Waals surface area contributed by atoms with Crippen molar-refractivity contribution >= 4 is 11.7 Å². The molecule has 1 aromatic carbocycles. The van der Waals surface area contributed by atoms with Crippen molar-refractivity contribution in [3.05, 3.63) is 48.2 Å². The SMILES string of the molecule is Cc1cccc(-c2noc(-c3cccnc3N3CCC(C(=O)NC4CC4)CC3)n2)c1. The topological polar surface area (TPSA) is 84.2 Å². The van der Waals surface area contributed by atoms with E-state index in [2.05, 4.69) is 25.3 Å². The molecule has 30 heavy (non-hydrogen) atoms. The summed E-state index contributed by atoms with van der Waals surface area (Å²) < 4.78 is 5.59. The first-order valence-electron chi connectivity index (χ1n) is 10.6. The molecule has 1 saturated carbocycles. The van der Waals surface area contributed by atoms with Gasteiger partial charge in [-0.1, -0.05) is 28.9 Å². The molecule has 0 atom stereocenters. The predicted molar refractivity (Wildman–Crippen MR) is 114 cm³/mol. The summed E-state index contributed by atoms with van der Waals surface area (Å²) in [5.74, 6) is 2.16. The number of piperidine rings is 1. The maximum Gasteiger partial charge on any atom is 0.261 e. The third kappa shape index (κ3) is 3.92. The Kier molecular flexibility index (Phi) is 4.94. The molecule has 0 unspecified atom stereocenters. The Morgan fingerprint density at radius 2 is 1.97 bits per heavy atom. The molecule has 0 bridgehead atoms. The second-order valence-electron chi connectivity index (χ2n) is 8.21. The zero-order chi connectivity index (χ0) is 20.5. The summed E-state index contributed by atoms with van der Waals surface area (Å²) in [5, 5.41) is 7.30. The van der Waals surface area contributed by atoms with Crippen molar-refractivity contribution in [1.82, 2.24) is 20.4 Å². The van der Waals surface area contributed by atoms with E-state index in [0.717, 1.165) is 61.3 Å². The van der Waals surface area contributed by atoms with Crippen molar-refractivity contribution in [2.24, 2.45) is 5.92 Å². The van der Waals surface area contributed by atoms with E-state index in [1.807, 2.05) is 43.3 Å². The average Bonchev–Trinajstić information content (AvgIpc) is 3.45. The van der Waals surface area contributed by atoms with Crippen LogP contribution in [0.2, 0.25) is 0 Å². The summed E-state index contributed by atoms with van der Waals surface area (Å²) in [5.41, 5.74) is 2.90. The summed E-state index contributed by atoms with van der Waals surface area (Å²) in [4.78, 5) is 23.8. The van der Waals surface area contributed by atoms with Gasteiger partial charge in [0.15, 0.2) is 0 Å². The van der Waals surface area contributed by atoms with Crippen LogP contribution in [0.5, 0.6) is 0 Å². The minimum Gasteiger partial charge on any atom is -0.356 e. The molecule has 3 heterocycles. The zero-order valence-corrected chi connectivity index (χ0v) is 17.0. The fourth-order valence-corrected chi connectivity index (χ4v) is 3.95. The second-order valence-corrected chi connectivity index (χ2v) is 8.21. The smallest absolute Gasteiger partial charge is 0.261 e. The van der Waals surface area contributed by atoms with Gasteiger partial charge in [-0.2, -0.15) is 4.98 Å². The number of hydrogen-bond donors (Lipinski definition) is 1. The molecule has 1 saturated heterocycles. The van der Waals surface area contributed by atoms with E-state index in [1.165, 1.54) is 0 Å². The fraction of sp³-hybridized carbons (Fsp3) is 0.391. The summed E-state index contributed by atoms with van der Waals surface area (Å²) in [6, 6.07) is 12.3. The van der Waals surface area contributed by atoms with Crippen LogP contribution < -0.4 is 10.2 Å². The van der Waals surface area contributed by atoms with Crippen molar-refractivity contribution in [3.63, 3.8) is 0 Å². The van der Waals surface area contributed by atoms with Gasteiger partial charge in [-0.05, 0) is 50.8 Å². The van der Waals surface area contributed by atoms with E-state index in [0.29, 0.717) is 17.8 Å². The second kappa shape index (κ2) is 7.89. The highest BCUT2D eigenvalue weighted by Crippen LogP contribution is 2.32. The van der Waals surface area contributed by atoms with Crippen molar-refractivity contribution in [2.45, 2.75) is 38.6 Å². The van der Waals surface area contributed by atoms with Gasteiger partial charge >= 0.3 is 0 Å². The predicted octanol–water partition coefficient (Wildman–Crippen LogP) is 3.60. The average molecular weight is 403 g/mol. The molecule has 2 aliphatic rings. The van der Waals surface area contributed by atoms with Crippen molar-refractivity contribution in [1.29, 1.82) is 0 Å². The standard InChI is InChI=1S/C23H25N5O2/c1-15-4-2-5-17(14-15)20-26-23(30-27-20)19-6-3-11-24-21(19)28-12-9-16(10-13-28)22(29)25-18-7-8-18/h2-6,11,14,16,18H,7-10,12-13H2,1H3,(H,25,29). The Morgan fingerprint density at radius 1 is 1.13 bits per heavy atom. The number of aromatic nitrogens is 3. The molecule has 7 heteroatoms. The molecule has 0 radical (unpaired) electrons. The van der Waals surface area contributed by atoms with Gasteiger partial charge in [-0.25, -0.2) is 4.98 Å². The van der Waals surface area contributed by atoms with Crippen molar-refractivity contribution in [2.75, 3.05) is 18.0 Å². The lowest BCUT2D eigenvalue weighted by atomic mass is 9.95. The molecule has 0 spiro atoms. The van der Waals surface area contributed by atoms with Crippen molar-refractivity contribution in [3.8, 4) is 22.8 Å². The van der Waals surface area contributed by atoms with Crippen LogP contribution in [0.3, 0.4) is 0 Å². The van der Waals surface area contributed by atoms with Crippen LogP contribution in [0.1, 0.15) is 31.2 Å². The first-order valence-corrected chi connectivity index (χ1v) is 10.6. The Hall–Kier alpha value is -3.22. The van der Waals surface area contributed by atoms with E-state index in [1.54, 1.807) is 6.20 Å². The minimum atomic E-state index is 0.0883. The Bertz CT molecular complexity index is 1050. The lowest BCUT2D eigenvalue weighted by Gasteiger charge is -2.32. The molecule has 5 rings (SSSR count). The molecular formula is C23H25N5O2.